The standard InChI is InChI=1S/C30H36N4O3S/c1-7-19(4)31-26(35)16-24-17-38-30-32-20(5)27(29(36)33-23-12-14-25(37-6)15-13-23)28(34(24)30)22-10-8-21(9-11-22)18(2)3/h8-15,17-19,28H,7,16H2,1-6H3,(H,31,35)(H,33,36)/t19-,28+/m1/s1. The number of amidine groups is 1. The monoisotopic (exact) mass is 532 g/mol. The van der Waals surface area contributed by atoms with Crippen LogP contribution in [-0.4, -0.2) is 35.0 Å². The summed E-state index contributed by atoms with van der Waals surface area (Å²) in [5.41, 5.74) is 4.90. The largest absolute Gasteiger partial charge is 0.497 e. The normalized spacial score (nSPS) is 17.6. The van der Waals surface area contributed by atoms with Crippen molar-refractivity contribution in [2.24, 2.45) is 4.99 Å². The Balaban J connectivity index is 1.70. The second-order valence-electron chi connectivity index (χ2n) is 9.95. The Morgan fingerprint density at radius 3 is 2.37 bits per heavy atom. The van der Waals surface area contributed by atoms with Crippen LogP contribution < -0.4 is 15.4 Å². The van der Waals surface area contributed by atoms with E-state index >= 15 is 0 Å². The predicted octanol–water partition coefficient (Wildman–Crippen LogP) is 6.34. The summed E-state index contributed by atoms with van der Waals surface area (Å²) in [7, 11) is 1.61. The van der Waals surface area contributed by atoms with Gasteiger partial charge in [0.25, 0.3) is 5.91 Å². The van der Waals surface area contributed by atoms with E-state index in [4.69, 9.17) is 9.73 Å². The molecule has 2 aromatic rings. The van der Waals surface area contributed by atoms with Gasteiger partial charge in [-0.2, -0.15) is 0 Å². The highest BCUT2D eigenvalue weighted by Gasteiger charge is 2.40. The first-order valence-corrected chi connectivity index (χ1v) is 13.9. The van der Waals surface area contributed by atoms with Crippen LogP contribution in [0.2, 0.25) is 0 Å². The number of carbonyl (C=O) groups excluding carboxylic acids is 2. The van der Waals surface area contributed by atoms with Gasteiger partial charge in [0, 0.05) is 17.4 Å². The second kappa shape index (κ2) is 11.9. The molecule has 8 heteroatoms. The third-order valence-corrected chi connectivity index (χ3v) is 7.76. The van der Waals surface area contributed by atoms with Gasteiger partial charge in [-0.05, 0) is 67.0 Å². The number of rotatable bonds is 9. The molecule has 2 aliphatic rings. The number of thioether (sulfide) groups is 1. The Kier molecular flexibility index (Phi) is 8.62. The Labute approximate surface area is 229 Å². The molecule has 0 fully saturated rings. The van der Waals surface area contributed by atoms with Gasteiger partial charge in [0.15, 0.2) is 5.17 Å². The lowest BCUT2D eigenvalue weighted by molar-refractivity contribution is -0.121. The summed E-state index contributed by atoms with van der Waals surface area (Å²) in [6.45, 7) is 10.2. The maximum Gasteiger partial charge on any atom is 0.255 e. The Bertz CT molecular complexity index is 1280. The summed E-state index contributed by atoms with van der Waals surface area (Å²) < 4.78 is 5.24. The van der Waals surface area contributed by atoms with Crippen LogP contribution in [-0.2, 0) is 9.59 Å². The summed E-state index contributed by atoms with van der Waals surface area (Å²) in [6, 6.07) is 15.3. The number of ether oxygens (including phenoxy) is 1. The van der Waals surface area contributed by atoms with E-state index in [0.717, 1.165) is 22.8 Å². The lowest BCUT2D eigenvalue weighted by atomic mass is 9.91. The molecule has 2 N–H and O–H groups in total. The molecule has 0 unspecified atom stereocenters. The fourth-order valence-corrected chi connectivity index (χ4v) is 5.47. The number of nitrogens with zero attached hydrogens (tertiary/aromatic N) is 2. The Morgan fingerprint density at radius 2 is 1.76 bits per heavy atom. The van der Waals surface area contributed by atoms with Crippen molar-refractivity contribution in [2.45, 2.75) is 65.5 Å². The van der Waals surface area contributed by atoms with Crippen molar-refractivity contribution >= 4 is 34.4 Å². The van der Waals surface area contributed by atoms with E-state index in [9.17, 15) is 9.59 Å². The van der Waals surface area contributed by atoms with Crippen LogP contribution in [0.5, 0.6) is 5.75 Å². The summed E-state index contributed by atoms with van der Waals surface area (Å²) >= 11 is 1.49. The first-order valence-electron chi connectivity index (χ1n) is 13.0. The van der Waals surface area contributed by atoms with E-state index in [1.807, 2.05) is 55.3 Å². The van der Waals surface area contributed by atoms with Gasteiger partial charge in [-0.25, -0.2) is 4.99 Å². The minimum absolute atomic E-state index is 0.0446. The van der Waals surface area contributed by atoms with E-state index in [2.05, 4.69) is 48.7 Å². The van der Waals surface area contributed by atoms with Gasteiger partial charge in [0.1, 0.15) is 5.75 Å². The van der Waals surface area contributed by atoms with Crippen molar-refractivity contribution in [3.05, 3.63) is 82.0 Å². The van der Waals surface area contributed by atoms with Crippen LogP contribution in [0.4, 0.5) is 5.69 Å². The molecule has 2 aliphatic heterocycles. The number of anilines is 1. The zero-order valence-corrected chi connectivity index (χ0v) is 23.7. The highest BCUT2D eigenvalue weighted by molar-refractivity contribution is 8.16. The van der Waals surface area contributed by atoms with Gasteiger partial charge >= 0.3 is 0 Å². The average molecular weight is 533 g/mol. The quantitative estimate of drug-likeness (QED) is 0.394. The average Bonchev–Trinajstić information content (AvgIpc) is 3.29. The topological polar surface area (TPSA) is 83.0 Å². The fourth-order valence-electron chi connectivity index (χ4n) is 4.50. The lowest BCUT2D eigenvalue weighted by Gasteiger charge is -2.36. The molecule has 38 heavy (non-hydrogen) atoms. The third kappa shape index (κ3) is 5.96. The number of amides is 2. The molecule has 0 aromatic heterocycles. The maximum atomic E-state index is 13.8. The van der Waals surface area contributed by atoms with E-state index in [-0.39, 0.29) is 24.3 Å². The smallest absolute Gasteiger partial charge is 0.255 e. The molecule has 2 aromatic carbocycles. The molecule has 0 saturated heterocycles. The molecule has 0 radical (unpaired) electrons. The number of aliphatic imine (C=N–C) groups is 1. The van der Waals surface area contributed by atoms with Gasteiger partial charge in [-0.3, -0.25) is 9.59 Å². The van der Waals surface area contributed by atoms with E-state index in [0.29, 0.717) is 28.6 Å². The summed E-state index contributed by atoms with van der Waals surface area (Å²) in [5.74, 6) is 0.836. The van der Waals surface area contributed by atoms with Crippen molar-refractivity contribution in [3.8, 4) is 5.75 Å². The second-order valence-corrected chi connectivity index (χ2v) is 10.8. The summed E-state index contributed by atoms with van der Waals surface area (Å²) in [5, 5.41) is 8.84. The zero-order valence-electron chi connectivity index (χ0n) is 22.9. The number of hydrogen-bond donors (Lipinski definition) is 2. The number of fused-ring (bicyclic) bond motifs is 1. The first-order chi connectivity index (χ1) is 18.2. The Morgan fingerprint density at radius 1 is 1.08 bits per heavy atom. The predicted molar refractivity (Wildman–Crippen MR) is 155 cm³/mol. The SMILES string of the molecule is CC[C@@H](C)NC(=O)CC1=CSC2=NC(C)=C(C(=O)Nc3ccc(OC)cc3)[C@H](c3ccc(C(C)C)cc3)N12. The molecule has 0 saturated carbocycles. The van der Waals surface area contributed by atoms with E-state index < -0.39 is 6.04 Å². The minimum Gasteiger partial charge on any atom is -0.497 e. The number of hydrogen-bond acceptors (Lipinski definition) is 6. The van der Waals surface area contributed by atoms with Crippen LogP contribution in [0.25, 0.3) is 0 Å². The van der Waals surface area contributed by atoms with Gasteiger partial charge < -0.3 is 20.3 Å². The van der Waals surface area contributed by atoms with Gasteiger partial charge in [0.05, 0.1) is 30.8 Å². The van der Waals surface area contributed by atoms with Crippen molar-refractivity contribution in [2.75, 3.05) is 12.4 Å². The molecule has 2 atom stereocenters. The highest BCUT2D eigenvalue weighted by atomic mass is 32.2. The molecule has 0 bridgehead atoms. The molecular weight excluding hydrogens is 496 g/mol. The highest BCUT2D eigenvalue weighted by Crippen LogP contribution is 2.45. The molecule has 4 rings (SSSR count). The zero-order chi connectivity index (χ0) is 27.4. The Hall–Kier alpha value is -3.52. The summed E-state index contributed by atoms with van der Waals surface area (Å²) in [6.07, 6.45) is 1.07. The molecular formula is C30H36N4O3S. The van der Waals surface area contributed by atoms with Crippen LogP contribution >= 0.6 is 11.8 Å². The van der Waals surface area contributed by atoms with Gasteiger partial charge in [-0.1, -0.05) is 56.8 Å². The molecule has 0 aliphatic carbocycles. The van der Waals surface area contributed by atoms with Crippen LogP contribution in [0, 0.1) is 0 Å². The van der Waals surface area contributed by atoms with Crippen molar-refractivity contribution in [1.82, 2.24) is 10.2 Å². The van der Waals surface area contributed by atoms with Crippen molar-refractivity contribution in [3.63, 3.8) is 0 Å². The minimum atomic E-state index is -0.417. The molecule has 7 nitrogen and oxygen atoms in total. The third-order valence-electron chi connectivity index (χ3n) is 6.87. The molecule has 200 valence electrons. The maximum absolute atomic E-state index is 13.8. The fraction of sp³-hybridized carbons (Fsp3) is 0.367. The number of benzene rings is 2. The van der Waals surface area contributed by atoms with Crippen LogP contribution in [0.3, 0.4) is 0 Å². The van der Waals surface area contributed by atoms with E-state index in [1.165, 1.54) is 17.3 Å². The van der Waals surface area contributed by atoms with Crippen molar-refractivity contribution < 1.29 is 14.3 Å². The number of methoxy groups -OCH3 is 1. The van der Waals surface area contributed by atoms with Gasteiger partial charge in [-0.15, -0.1) is 0 Å². The van der Waals surface area contributed by atoms with Gasteiger partial charge in [0.2, 0.25) is 5.91 Å². The lowest BCUT2D eigenvalue weighted by Crippen LogP contribution is -2.39. The first kappa shape index (κ1) is 27.5. The van der Waals surface area contributed by atoms with Crippen LogP contribution in [0.15, 0.2) is 75.9 Å². The molecule has 2 heterocycles. The summed E-state index contributed by atoms with van der Waals surface area (Å²) in [4.78, 5) is 33.5. The number of carbonyl (C=O) groups is 2. The number of nitrogens with one attached hydrogen (secondary N) is 2. The molecule has 2 amide bonds. The van der Waals surface area contributed by atoms with Crippen LogP contribution in [0.1, 0.15) is 70.5 Å². The van der Waals surface area contributed by atoms with Crippen molar-refractivity contribution in [1.29, 1.82) is 0 Å². The number of allylic oxidation sites excluding steroid dienone is 1. The molecule has 0 spiro atoms. The van der Waals surface area contributed by atoms with E-state index in [1.54, 1.807) is 7.11 Å².